The first kappa shape index (κ1) is 20.0. The van der Waals surface area contributed by atoms with E-state index in [0.717, 1.165) is 0 Å². The average molecular weight is 409 g/mol. The number of benzene rings is 2. The Morgan fingerprint density at radius 2 is 1.11 bits per heavy atom. The summed E-state index contributed by atoms with van der Waals surface area (Å²) in [5.41, 5.74) is -2.69. The van der Waals surface area contributed by atoms with Crippen molar-refractivity contribution >= 4 is 19.7 Å². The molecule has 0 bridgehead atoms. The number of hydrogen-bond donors (Lipinski definition) is 1. The van der Waals surface area contributed by atoms with Gasteiger partial charge in [0.05, 0.1) is 15.4 Å². The Morgan fingerprint density at radius 1 is 0.778 bits per heavy atom. The van der Waals surface area contributed by atoms with Gasteiger partial charge in [-0.25, -0.2) is 16.8 Å². The lowest BCUT2D eigenvalue weighted by molar-refractivity contribution is 0.0437. The smallest absolute Gasteiger partial charge is 0.199 e. The van der Waals surface area contributed by atoms with E-state index in [9.17, 15) is 21.9 Å². The quantitative estimate of drug-likeness (QED) is 0.821. The summed E-state index contributed by atoms with van der Waals surface area (Å²) in [5.74, 6) is -0.993. The molecule has 3 rings (SSSR count). The molecule has 27 heavy (non-hydrogen) atoms. The summed E-state index contributed by atoms with van der Waals surface area (Å²) in [7, 11) is -8.64. The fourth-order valence-corrected chi connectivity index (χ4v) is 11.5. The molecule has 1 fully saturated rings. The Kier molecular flexibility index (Phi) is 4.38. The largest absolute Gasteiger partial charge is 0.390 e. The van der Waals surface area contributed by atoms with Gasteiger partial charge in [-0.1, -0.05) is 50.2 Å². The van der Waals surface area contributed by atoms with E-state index in [0.29, 0.717) is 0 Å². The molecule has 0 spiro atoms. The SMILES string of the molecule is CC(C)(O)C1C(C)(C)C1(S(=O)(=O)c1ccccc1)S(=O)(=O)c1ccccc1. The van der Waals surface area contributed by atoms with Crippen LogP contribution in [0.4, 0.5) is 0 Å². The van der Waals surface area contributed by atoms with Crippen molar-refractivity contribution in [1.29, 1.82) is 0 Å². The summed E-state index contributed by atoms with van der Waals surface area (Å²) in [6.07, 6.45) is 0. The predicted octanol–water partition coefficient (Wildman–Crippen LogP) is 3.06. The van der Waals surface area contributed by atoms with Crippen molar-refractivity contribution in [2.45, 2.75) is 47.2 Å². The van der Waals surface area contributed by atoms with Gasteiger partial charge >= 0.3 is 0 Å². The molecule has 1 unspecified atom stereocenters. The summed E-state index contributed by atoms with van der Waals surface area (Å²) < 4.78 is 52.7. The van der Waals surface area contributed by atoms with Crippen molar-refractivity contribution in [3.63, 3.8) is 0 Å². The summed E-state index contributed by atoms with van der Waals surface area (Å²) in [5, 5.41) is 10.7. The van der Waals surface area contributed by atoms with Crippen LogP contribution in [-0.4, -0.2) is 31.6 Å². The van der Waals surface area contributed by atoms with Crippen LogP contribution in [0.5, 0.6) is 0 Å². The van der Waals surface area contributed by atoms with Gasteiger partial charge in [0.2, 0.25) is 0 Å². The van der Waals surface area contributed by atoms with E-state index in [1.165, 1.54) is 38.1 Å². The van der Waals surface area contributed by atoms with Crippen LogP contribution in [0.15, 0.2) is 70.5 Å². The minimum absolute atomic E-state index is 0.0654. The topological polar surface area (TPSA) is 88.5 Å². The molecule has 2 aromatic rings. The second-order valence-electron chi connectivity index (χ2n) is 8.11. The Balaban J connectivity index is 2.39. The van der Waals surface area contributed by atoms with Crippen molar-refractivity contribution < 1.29 is 21.9 Å². The molecule has 1 aliphatic carbocycles. The van der Waals surface area contributed by atoms with E-state index in [1.807, 2.05) is 0 Å². The molecule has 5 nitrogen and oxygen atoms in total. The van der Waals surface area contributed by atoms with Gasteiger partial charge in [-0.15, -0.1) is 0 Å². The molecular weight excluding hydrogens is 384 g/mol. The second-order valence-corrected chi connectivity index (χ2v) is 12.6. The van der Waals surface area contributed by atoms with Crippen LogP contribution in [0.3, 0.4) is 0 Å². The highest BCUT2D eigenvalue weighted by Gasteiger charge is 2.88. The summed E-state index contributed by atoms with van der Waals surface area (Å²) in [4.78, 5) is -0.131. The first-order valence-electron chi connectivity index (χ1n) is 8.64. The van der Waals surface area contributed by atoms with Crippen molar-refractivity contribution in [3.8, 4) is 0 Å². The molecule has 0 heterocycles. The number of aliphatic hydroxyl groups is 1. The zero-order valence-electron chi connectivity index (χ0n) is 15.7. The molecule has 146 valence electrons. The minimum atomic E-state index is -4.32. The molecule has 0 amide bonds. The summed E-state index contributed by atoms with van der Waals surface area (Å²) >= 11 is 0. The molecule has 1 saturated carbocycles. The Bertz CT molecular complexity index is 979. The Morgan fingerprint density at radius 3 is 1.37 bits per heavy atom. The van der Waals surface area contributed by atoms with Gasteiger partial charge < -0.3 is 5.11 Å². The molecule has 0 aliphatic heterocycles. The zero-order chi connectivity index (χ0) is 20.3. The highest BCUT2D eigenvalue weighted by atomic mass is 32.3. The minimum Gasteiger partial charge on any atom is -0.390 e. The van der Waals surface area contributed by atoms with E-state index in [1.54, 1.807) is 50.2 Å². The molecule has 1 atom stereocenters. The van der Waals surface area contributed by atoms with E-state index < -0.39 is 40.7 Å². The maximum atomic E-state index is 13.7. The number of hydrogen-bond acceptors (Lipinski definition) is 5. The predicted molar refractivity (Wildman–Crippen MR) is 104 cm³/mol. The maximum Gasteiger partial charge on any atom is 0.199 e. The third-order valence-electron chi connectivity index (χ3n) is 5.53. The molecule has 0 saturated heterocycles. The average Bonchev–Trinajstić information content (AvgIpc) is 3.16. The van der Waals surface area contributed by atoms with Gasteiger partial charge in [-0.2, -0.15) is 0 Å². The normalized spacial score (nSPS) is 21.6. The lowest BCUT2D eigenvalue weighted by Crippen LogP contribution is -2.41. The van der Waals surface area contributed by atoms with Crippen LogP contribution >= 0.6 is 0 Å². The lowest BCUT2D eigenvalue weighted by atomic mass is 9.97. The van der Waals surface area contributed by atoms with Crippen LogP contribution in [-0.2, 0) is 19.7 Å². The van der Waals surface area contributed by atoms with Crippen LogP contribution in [0.25, 0.3) is 0 Å². The molecular formula is C20H24O5S2. The van der Waals surface area contributed by atoms with Gasteiger partial charge in [0.15, 0.2) is 23.8 Å². The first-order chi connectivity index (χ1) is 12.3. The molecule has 0 aromatic heterocycles. The summed E-state index contributed by atoms with van der Waals surface area (Å²) in [6.45, 7) is 6.11. The van der Waals surface area contributed by atoms with Crippen LogP contribution in [0, 0.1) is 11.3 Å². The third-order valence-corrected chi connectivity index (χ3v) is 11.8. The van der Waals surface area contributed by atoms with E-state index in [4.69, 9.17) is 0 Å². The molecule has 7 heteroatoms. The van der Waals surface area contributed by atoms with Crippen molar-refractivity contribution in [1.82, 2.24) is 0 Å². The first-order valence-corrected chi connectivity index (χ1v) is 11.6. The number of sulfone groups is 2. The van der Waals surface area contributed by atoms with E-state index >= 15 is 0 Å². The lowest BCUT2D eigenvalue weighted by Gasteiger charge is -2.24. The number of rotatable bonds is 5. The van der Waals surface area contributed by atoms with Gasteiger partial charge in [0, 0.05) is 11.3 Å². The van der Waals surface area contributed by atoms with Crippen molar-refractivity contribution in [3.05, 3.63) is 60.7 Å². The highest BCUT2D eigenvalue weighted by Crippen LogP contribution is 2.74. The zero-order valence-corrected chi connectivity index (χ0v) is 17.4. The second kappa shape index (κ2) is 5.90. The van der Waals surface area contributed by atoms with E-state index in [2.05, 4.69) is 0 Å². The van der Waals surface area contributed by atoms with Gasteiger partial charge in [0.1, 0.15) is 0 Å². The van der Waals surface area contributed by atoms with E-state index in [-0.39, 0.29) is 9.79 Å². The van der Waals surface area contributed by atoms with Crippen molar-refractivity contribution in [2.75, 3.05) is 0 Å². The van der Waals surface area contributed by atoms with Crippen LogP contribution < -0.4 is 0 Å². The molecule has 1 aliphatic rings. The Hall–Kier alpha value is -1.70. The monoisotopic (exact) mass is 408 g/mol. The molecule has 1 N–H and O–H groups in total. The van der Waals surface area contributed by atoms with Crippen LogP contribution in [0.1, 0.15) is 27.7 Å². The maximum absolute atomic E-state index is 13.7. The fraction of sp³-hybridized carbons (Fsp3) is 0.400. The summed E-state index contributed by atoms with van der Waals surface area (Å²) in [6, 6.07) is 15.2. The molecule has 2 aromatic carbocycles. The fourth-order valence-electron chi connectivity index (χ4n) is 4.73. The standard InChI is InChI=1S/C20H24O5S2/c1-18(2)17(19(3,4)21)20(18,26(22,23)15-11-7-5-8-12-15)27(24,25)16-13-9-6-10-14-16/h5-14,17,21H,1-4H3. The van der Waals surface area contributed by atoms with Gasteiger partial charge in [0.25, 0.3) is 0 Å². The Labute approximate surface area is 160 Å². The van der Waals surface area contributed by atoms with Crippen molar-refractivity contribution in [2.24, 2.45) is 11.3 Å². The van der Waals surface area contributed by atoms with Gasteiger partial charge in [-0.3, -0.25) is 0 Å². The van der Waals surface area contributed by atoms with Gasteiger partial charge in [-0.05, 0) is 38.1 Å². The van der Waals surface area contributed by atoms with Crippen LogP contribution in [0.2, 0.25) is 0 Å². The highest BCUT2D eigenvalue weighted by molar-refractivity contribution is 8.11. The third kappa shape index (κ3) is 2.52. The molecule has 0 radical (unpaired) electrons.